The minimum atomic E-state index is -0.372. The molecule has 1 aliphatic rings. The standard InChI is InChI=1S/C11H15NO2/c13-9-14-11(6-2-1-3-7-11)10-5-4-8-12-10/h4-5,8-9,12H,1-3,6-7H2. The van der Waals surface area contributed by atoms with Gasteiger partial charge in [-0.3, -0.25) is 4.79 Å². The number of aromatic nitrogens is 1. The maximum atomic E-state index is 10.5. The predicted molar refractivity (Wildman–Crippen MR) is 52.7 cm³/mol. The van der Waals surface area contributed by atoms with Crippen molar-refractivity contribution in [1.82, 2.24) is 4.98 Å². The lowest BCUT2D eigenvalue weighted by molar-refractivity contribution is -0.149. The van der Waals surface area contributed by atoms with Gasteiger partial charge in [-0.05, 0) is 37.8 Å². The van der Waals surface area contributed by atoms with Crippen molar-refractivity contribution in [3.8, 4) is 0 Å². The minimum Gasteiger partial charge on any atom is -0.455 e. The number of hydrogen-bond donors (Lipinski definition) is 1. The van der Waals surface area contributed by atoms with Gasteiger partial charge in [-0.25, -0.2) is 0 Å². The third-order valence-corrected chi connectivity index (χ3v) is 3.02. The Hall–Kier alpha value is -1.25. The van der Waals surface area contributed by atoms with E-state index in [0.717, 1.165) is 31.4 Å². The van der Waals surface area contributed by atoms with Gasteiger partial charge in [-0.15, -0.1) is 0 Å². The fourth-order valence-corrected chi connectivity index (χ4v) is 2.28. The van der Waals surface area contributed by atoms with Gasteiger partial charge >= 0.3 is 0 Å². The second kappa shape index (κ2) is 3.86. The van der Waals surface area contributed by atoms with E-state index >= 15 is 0 Å². The molecule has 0 aliphatic heterocycles. The first-order valence-electron chi connectivity index (χ1n) is 5.13. The van der Waals surface area contributed by atoms with E-state index in [0.29, 0.717) is 6.47 Å². The van der Waals surface area contributed by atoms with Crippen LogP contribution in [-0.2, 0) is 15.1 Å². The number of aromatic amines is 1. The van der Waals surface area contributed by atoms with Crippen molar-refractivity contribution < 1.29 is 9.53 Å². The number of carbonyl (C=O) groups is 1. The summed E-state index contributed by atoms with van der Waals surface area (Å²) in [6, 6.07) is 3.94. The molecule has 2 rings (SSSR count). The van der Waals surface area contributed by atoms with Crippen molar-refractivity contribution in [2.75, 3.05) is 0 Å². The molecule has 1 aromatic rings. The maximum Gasteiger partial charge on any atom is 0.294 e. The molecule has 1 saturated carbocycles. The molecule has 3 nitrogen and oxygen atoms in total. The first-order valence-corrected chi connectivity index (χ1v) is 5.13. The number of rotatable bonds is 3. The van der Waals surface area contributed by atoms with Gasteiger partial charge in [-0.2, -0.15) is 0 Å². The molecule has 1 aromatic heterocycles. The molecule has 0 radical (unpaired) electrons. The van der Waals surface area contributed by atoms with Crippen LogP contribution in [0.4, 0.5) is 0 Å². The van der Waals surface area contributed by atoms with Gasteiger partial charge in [0.1, 0.15) is 0 Å². The second-order valence-corrected chi connectivity index (χ2v) is 3.85. The number of H-pyrrole nitrogens is 1. The second-order valence-electron chi connectivity index (χ2n) is 3.85. The Labute approximate surface area is 83.5 Å². The molecule has 1 fully saturated rings. The summed E-state index contributed by atoms with van der Waals surface area (Å²) in [5.74, 6) is 0. The zero-order chi connectivity index (χ0) is 9.86. The first-order chi connectivity index (χ1) is 6.87. The molecule has 0 atom stereocenters. The largest absolute Gasteiger partial charge is 0.455 e. The summed E-state index contributed by atoms with van der Waals surface area (Å²) in [4.78, 5) is 13.7. The molecule has 0 saturated heterocycles. The zero-order valence-electron chi connectivity index (χ0n) is 8.16. The molecule has 3 heteroatoms. The Morgan fingerprint density at radius 2 is 2.14 bits per heavy atom. The van der Waals surface area contributed by atoms with E-state index in [2.05, 4.69) is 4.98 Å². The van der Waals surface area contributed by atoms with Crippen LogP contribution in [0.15, 0.2) is 18.3 Å². The quantitative estimate of drug-likeness (QED) is 0.749. The van der Waals surface area contributed by atoms with Gasteiger partial charge in [0.2, 0.25) is 0 Å². The molecule has 0 spiro atoms. The Balaban J connectivity index is 2.24. The fraction of sp³-hybridized carbons (Fsp3) is 0.545. The van der Waals surface area contributed by atoms with Crippen LogP contribution in [0.25, 0.3) is 0 Å². The average Bonchev–Trinajstić information content (AvgIpc) is 2.73. The van der Waals surface area contributed by atoms with Gasteiger partial charge in [0.05, 0.1) is 5.69 Å². The normalized spacial score (nSPS) is 20.3. The molecule has 14 heavy (non-hydrogen) atoms. The lowest BCUT2D eigenvalue weighted by atomic mass is 9.82. The van der Waals surface area contributed by atoms with Crippen LogP contribution < -0.4 is 0 Å². The molecule has 1 heterocycles. The van der Waals surface area contributed by atoms with Crippen molar-refractivity contribution in [1.29, 1.82) is 0 Å². The maximum absolute atomic E-state index is 10.5. The SMILES string of the molecule is O=COC1(c2ccc[nH]2)CCCCC1. The molecule has 0 amide bonds. The fourth-order valence-electron chi connectivity index (χ4n) is 2.28. The van der Waals surface area contributed by atoms with E-state index in [1.807, 2.05) is 18.3 Å². The summed E-state index contributed by atoms with van der Waals surface area (Å²) < 4.78 is 5.30. The Morgan fingerprint density at radius 1 is 1.36 bits per heavy atom. The van der Waals surface area contributed by atoms with E-state index in [1.54, 1.807) is 0 Å². The third-order valence-electron chi connectivity index (χ3n) is 3.02. The van der Waals surface area contributed by atoms with Gasteiger partial charge < -0.3 is 9.72 Å². The summed E-state index contributed by atoms with van der Waals surface area (Å²) in [6.07, 6.45) is 7.25. The number of ether oxygens (including phenoxy) is 1. The van der Waals surface area contributed by atoms with E-state index in [4.69, 9.17) is 4.74 Å². The molecular formula is C11H15NO2. The average molecular weight is 193 g/mol. The highest BCUT2D eigenvalue weighted by molar-refractivity contribution is 5.39. The molecular weight excluding hydrogens is 178 g/mol. The summed E-state index contributed by atoms with van der Waals surface area (Å²) in [5.41, 5.74) is 0.660. The van der Waals surface area contributed by atoms with E-state index in [9.17, 15) is 4.79 Å². The van der Waals surface area contributed by atoms with Gasteiger partial charge in [0, 0.05) is 6.20 Å². The molecule has 1 N–H and O–H groups in total. The third kappa shape index (κ3) is 1.54. The van der Waals surface area contributed by atoms with Crippen molar-refractivity contribution in [3.63, 3.8) is 0 Å². The minimum absolute atomic E-state index is 0.372. The monoisotopic (exact) mass is 193 g/mol. The van der Waals surface area contributed by atoms with Crippen molar-refractivity contribution in [2.45, 2.75) is 37.7 Å². The summed E-state index contributed by atoms with van der Waals surface area (Å²) in [5, 5.41) is 0. The predicted octanol–water partition coefficient (Wildman–Crippen LogP) is 2.35. The first kappa shape index (κ1) is 9.31. The van der Waals surface area contributed by atoms with Crippen molar-refractivity contribution >= 4 is 6.47 Å². The highest BCUT2D eigenvalue weighted by atomic mass is 16.5. The van der Waals surface area contributed by atoms with Gasteiger partial charge in [0.15, 0.2) is 5.60 Å². The number of nitrogens with one attached hydrogen (secondary N) is 1. The Bertz CT molecular complexity index is 286. The zero-order valence-corrected chi connectivity index (χ0v) is 8.16. The van der Waals surface area contributed by atoms with Gasteiger partial charge in [-0.1, -0.05) is 6.42 Å². The van der Waals surface area contributed by atoms with Crippen LogP contribution >= 0.6 is 0 Å². The molecule has 76 valence electrons. The molecule has 0 bridgehead atoms. The highest BCUT2D eigenvalue weighted by Crippen LogP contribution is 2.39. The van der Waals surface area contributed by atoms with E-state index < -0.39 is 0 Å². The Morgan fingerprint density at radius 3 is 2.71 bits per heavy atom. The number of hydrogen-bond acceptors (Lipinski definition) is 2. The van der Waals surface area contributed by atoms with E-state index in [-0.39, 0.29) is 5.60 Å². The van der Waals surface area contributed by atoms with E-state index in [1.165, 1.54) is 6.42 Å². The molecule has 0 aromatic carbocycles. The van der Waals surface area contributed by atoms with Crippen LogP contribution in [0.1, 0.15) is 37.8 Å². The smallest absolute Gasteiger partial charge is 0.294 e. The van der Waals surface area contributed by atoms with Crippen LogP contribution in [-0.4, -0.2) is 11.5 Å². The summed E-state index contributed by atoms with van der Waals surface area (Å²) >= 11 is 0. The van der Waals surface area contributed by atoms with Crippen LogP contribution in [0.3, 0.4) is 0 Å². The van der Waals surface area contributed by atoms with Crippen molar-refractivity contribution in [3.05, 3.63) is 24.0 Å². The van der Waals surface area contributed by atoms with Crippen LogP contribution in [0, 0.1) is 0 Å². The highest BCUT2D eigenvalue weighted by Gasteiger charge is 2.36. The lowest BCUT2D eigenvalue weighted by Crippen LogP contribution is -2.32. The van der Waals surface area contributed by atoms with Crippen LogP contribution in [0.5, 0.6) is 0 Å². The van der Waals surface area contributed by atoms with Gasteiger partial charge in [0.25, 0.3) is 6.47 Å². The topological polar surface area (TPSA) is 42.1 Å². The lowest BCUT2D eigenvalue weighted by Gasteiger charge is -2.34. The molecule has 1 aliphatic carbocycles. The summed E-state index contributed by atoms with van der Waals surface area (Å²) in [6.45, 7) is 0.576. The number of carbonyl (C=O) groups excluding carboxylic acids is 1. The molecule has 0 unspecified atom stereocenters. The summed E-state index contributed by atoms with van der Waals surface area (Å²) in [7, 11) is 0. The van der Waals surface area contributed by atoms with Crippen molar-refractivity contribution in [2.24, 2.45) is 0 Å². The van der Waals surface area contributed by atoms with Crippen LogP contribution in [0.2, 0.25) is 0 Å². The Kier molecular flexibility index (Phi) is 2.57.